The van der Waals surface area contributed by atoms with Crippen LogP contribution in [0.4, 0.5) is 0 Å². The lowest BCUT2D eigenvalue weighted by molar-refractivity contribution is 0.667. The first-order chi connectivity index (χ1) is 13.3. The quantitative estimate of drug-likeness (QED) is 0.322. The Morgan fingerprint density at radius 2 is 1.11 bits per heavy atom. The lowest BCUT2D eigenvalue weighted by Crippen LogP contribution is -1.85. The Balaban J connectivity index is 1.78. The number of aryl methyl sites for hydroxylation is 2. The normalized spacial score (nSPS) is 11.0. The van der Waals surface area contributed by atoms with E-state index in [1.54, 1.807) is 0 Å². The highest BCUT2D eigenvalue weighted by Gasteiger charge is 1.93. The van der Waals surface area contributed by atoms with E-state index in [0.29, 0.717) is 0 Å². The molecule has 0 N–H and O–H groups in total. The van der Waals surface area contributed by atoms with Crippen molar-refractivity contribution in [1.82, 2.24) is 0 Å². The van der Waals surface area contributed by atoms with E-state index in [1.807, 2.05) is 12.2 Å². The van der Waals surface area contributed by atoms with Gasteiger partial charge in [-0.15, -0.1) is 0 Å². The van der Waals surface area contributed by atoms with E-state index in [1.165, 1.54) is 60.8 Å². The fourth-order valence-electron chi connectivity index (χ4n) is 3.01. The van der Waals surface area contributed by atoms with Crippen LogP contribution in [0.5, 0.6) is 0 Å². The fraction of sp³-hybridized carbons (Fsp3) is 0.333. The summed E-state index contributed by atoms with van der Waals surface area (Å²) in [7, 11) is 0. The van der Waals surface area contributed by atoms with Crippen molar-refractivity contribution in [3.63, 3.8) is 0 Å². The first-order valence-corrected chi connectivity index (χ1v) is 10.3. The van der Waals surface area contributed by atoms with Crippen molar-refractivity contribution in [2.45, 2.75) is 58.8 Å². The van der Waals surface area contributed by atoms with Crippen LogP contribution in [-0.2, 0) is 12.8 Å². The number of rotatable bonds is 9. The lowest BCUT2D eigenvalue weighted by atomic mass is 10.0. The zero-order chi connectivity index (χ0) is 19.2. The molecule has 0 heterocycles. The van der Waals surface area contributed by atoms with Gasteiger partial charge in [0.1, 0.15) is 0 Å². The van der Waals surface area contributed by atoms with Gasteiger partial charge in [-0.3, -0.25) is 0 Å². The molecule has 0 saturated heterocycles. The number of hydrogen-bond acceptors (Lipinski definition) is 0. The third-order valence-corrected chi connectivity index (χ3v) is 4.62. The molecule has 0 saturated carbocycles. The summed E-state index contributed by atoms with van der Waals surface area (Å²) in [5, 5.41) is 0. The van der Waals surface area contributed by atoms with Crippen molar-refractivity contribution in [3.8, 4) is 11.8 Å². The number of hydrogen-bond donors (Lipinski definition) is 0. The van der Waals surface area contributed by atoms with Crippen LogP contribution in [-0.4, -0.2) is 0 Å². The predicted octanol–water partition coefficient (Wildman–Crippen LogP) is 7.49. The maximum absolute atomic E-state index is 3.08. The first kappa shape index (κ1) is 20.8. The Morgan fingerprint density at radius 3 is 1.59 bits per heavy atom. The van der Waals surface area contributed by atoms with Crippen LogP contribution in [0.2, 0.25) is 0 Å². The Hall–Kier alpha value is -2.52. The van der Waals surface area contributed by atoms with Crippen molar-refractivity contribution < 1.29 is 0 Å². The maximum Gasteiger partial charge on any atom is -0.0109 e. The van der Waals surface area contributed by atoms with Gasteiger partial charge in [-0.2, -0.15) is 0 Å². The lowest BCUT2D eigenvalue weighted by Gasteiger charge is -2.01. The number of benzene rings is 2. The van der Waals surface area contributed by atoms with Crippen LogP contribution in [0.15, 0.2) is 60.7 Å². The van der Waals surface area contributed by atoms with Crippen LogP contribution in [0.3, 0.4) is 0 Å². The Kier molecular flexibility index (Phi) is 9.83. The number of unbranched alkanes of at least 4 members (excludes halogenated alkanes) is 3. The highest BCUT2D eigenvalue weighted by Crippen LogP contribution is 2.11. The minimum Gasteiger partial charge on any atom is -0.0702 e. The second-order valence-electron chi connectivity index (χ2n) is 7.00. The van der Waals surface area contributed by atoms with E-state index < -0.39 is 0 Å². The van der Waals surface area contributed by atoms with E-state index in [9.17, 15) is 0 Å². The third kappa shape index (κ3) is 8.61. The van der Waals surface area contributed by atoms with Crippen LogP contribution in [0.25, 0.3) is 12.2 Å². The Bertz CT molecular complexity index is 762. The van der Waals surface area contributed by atoms with Gasteiger partial charge in [0.25, 0.3) is 0 Å². The van der Waals surface area contributed by atoms with Gasteiger partial charge in [-0.1, -0.05) is 99.9 Å². The molecule has 0 bridgehead atoms. The molecule has 27 heavy (non-hydrogen) atoms. The van der Waals surface area contributed by atoms with E-state index in [0.717, 1.165) is 6.42 Å². The SMILES string of the molecule is CCCCCCc1ccc(/C=C/C#C/C=C/c2ccc(CCC)cc2)cc1. The topological polar surface area (TPSA) is 0 Å². The standard InChI is InChI=1S/C27H32/c1-3-5-6-9-13-25-20-22-27(23-21-25)15-11-8-7-10-14-26-18-16-24(12-4-2)17-19-26/h10-11,14-23H,3-6,9,12-13H2,1-2H3/b14-10+,15-11+. The van der Waals surface area contributed by atoms with Crippen molar-refractivity contribution in [3.05, 3.63) is 82.9 Å². The van der Waals surface area contributed by atoms with Crippen LogP contribution in [0.1, 0.15) is 68.2 Å². The van der Waals surface area contributed by atoms with Gasteiger partial charge in [0.2, 0.25) is 0 Å². The van der Waals surface area contributed by atoms with Gasteiger partial charge in [0.05, 0.1) is 0 Å². The minimum absolute atomic E-state index is 1.15. The summed E-state index contributed by atoms with van der Waals surface area (Å²) in [6, 6.07) is 17.5. The molecule has 0 unspecified atom stereocenters. The highest BCUT2D eigenvalue weighted by atomic mass is 14.0. The number of allylic oxidation sites excluding steroid dienone is 2. The van der Waals surface area contributed by atoms with Gasteiger partial charge in [0.15, 0.2) is 0 Å². The molecule has 0 aliphatic rings. The molecular formula is C27H32. The summed E-state index contributed by atoms with van der Waals surface area (Å²) in [5.74, 6) is 6.16. The smallest absolute Gasteiger partial charge is 0.0109 e. The molecule has 0 radical (unpaired) electrons. The largest absolute Gasteiger partial charge is 0.0702 e. The van der Waals surface area contributed by atoms with E-state index in [-0.39, 0.29) is 0 Å². The third-order valence-electron chi connectivity index (χ3n) is 4.62. The monoisotopic (exact) mass is 356 g/mol. The second kappa shape index (κ2) is 12.8. The van der Waals surface area contributed by atoms with Gasteiger partial charge < -0.3 is 0 Å². The molecule has 0 heteroatoms. The second-order valence-corrected chi connectivity index (χ2v) is 7.00. The summed E-state index contributed by atoms with van der Waals surface area (Å²) < 4.78 is 0. The minimum atomic E-state index is 1.15. The average molecular weight is 357 g/mol. The summed E-state index contributed by atoms with van der Waals surface area (Å²) in [4.78, 5) is 0. The van der Waals surface area contributed by atoms with Crippen LogP contribution < -0.4 is 0 Å². The first-order valence-electron chi connectivity index (χ1n) is 10.3. The Morgan fingerprint density at radius 1 is 0.593 bits per heavy atom. The molecule has 0 amide bonds. The summed E-state index contributed by atoms with van der Waals surface area (Å²) in [6.07, 6.45) is 16.8. The van der Waals surface area contributed by atoms with Gasteiger partial charge >= 0.3 is 0 Å². The van der Waals surface area contributed by atoms with Crippen LogP contribution >= 0.6 is 0 Å². The average Bonchev–Trinajstić information content (AvgIpc) is 2.70. The molecule has 0 aromatic heterocycles. The van der Waals surface area contributed by atoms with E-state index in [2.05, 4.69) is 86.4 Å². The zero-order valence-electron chi connectivity index (χ0n) is 16.9. The molecule has 0 aliphatic heterocycles. The van der Waals surface area contributed by atoms with E-state index in [4.69, 9.17) is 0 Å². The van der Waals surface area contributed by atoms with Gasteiger partial charge in [-0.25, -0.2) is 0 Å². The van der Waals surface area contributed by atoms with Gasteiger partial charge in [-0.05, 0) is 65.8 Å². The van der Waals surface area contributed by atoms with Crippen molar-refractivity contribution in [2.24, 2.45) is 0 Å². The maximum atomic E-state index is 3.08. The predicted molar refractivity (Wildman–Crippen MR) is 121 cm³/mol. The van der Waals surface area contributed by atoms with Crippen molar-refractivity contribution in [1.29, 1.82) is 0 Å². The highest BCUT2D eigenvalue weighted by molar-refractivity contribution is 5.56. The van der Waals surface area contributed by atoms with Crippen LogP contribution in [0, 0.1) is 11.8 Å². The van der Waals surface area contributed by atoms with Gasteiger partial charge in [0, 0.05) is 0 Å². The van der Waals surface area contributed by atoms with Crippen molar-refractivity contribution in [2.75, 3.05) is 0 Å². The zero-order valence-corrected chi connectivity index (χ0v) is 16.9. The van der Waals surface area contributed by atoms with E-state index >= 15 is 0 Å². The Labute approximate surface area is 166 Å². The molecule has 2 rings (SSSR count). The summed E-state index contributed by atoms with van der Waals surface area (Å²) in [6.45, 7) is 4.46. The van der Waals surface area contributed by atoms with Crippen molar-refractivity contribution >= 4 is 12.2 Å². The molecule has 140 valence electrons. The summed E-state index contributed by atoms with van der Waals surface area (Å²) >= 11 is 0. The molecule has 0 fully saturated rings. The molecule has 0 atom stereocenters. The fourth-order valence-corrected chi connectivity index (χ4v) is 3.01. The summed E-state index contributed by atoms with van der Waals surface area (Å²) in [5.41, 5.74) is 5.23. The molecule has 0 aliphatic carbocycles. The molecule has 0 nitrogen and oxygen atoms in total. The molecule has 2 aromatic rings. The molecule has 0 spiro atoms. The molecular weight excluding hydrogens is 324 g/mol. The molecule has 2 aromatic carbocycles.